The van der Waals surface area contributed by atoms with Crippen molar-refractivity contribution in [1.29, 1.82) is 0 Å². The lowest BCUT2D eigenvalue weighted by Crippen LogP contribution is -2.28. The van der Waals surface area contributed by atoms with Gasteiger partial charge in [-0.1, -0.05) is 51.1 Å². The second-order valence-electron chi connectivity index (χ2n) is 6.44. The van der Waals surface area contributed by atoms with Crippen molar-refractivity contribution < 1.29 is 4.79 Å². The first-order valence-corrected chi connectivity index (χ1v) is 9.44. The van der Waals surface area contributed by atoms with Crippen molar-refractivity contribution in [3.05, 3.63) is 64.7 Å². The Bertz CT molecular complexity index is 709. The number of amides is 1. The number of nitrogens with one attached hydrogen (secondary N) is 1. The van der Waals surface area contributed by atoms with Crippen LogP contribution in [0.15, 0.2) is 47.4 Å². The predicted molar refractivity (Wildman–Crippen MR) is 104 cm³/mol. The lowest BCUT2D eigenvalue weighted by Gasteiger charge is -2.20. The lowest BCUT2D eigenvalue weighted by atomic mass is 9.99. The van der Waals surface area contributed by atoms with Crippen molar-refractivity contribution in [2.75, 3.05) is 0 Å². The number of carbonyl (C=O) groups excluding carboxylic acids is 1. The van der Waals surface area contributed by atoms with Crippen LogP contribution in [-0.2, 0) is 0 Å². The average molecular weight is 342 g/mol. The minimum Gasteiger partial charge on any atom is -0.345 e. The van der Waals surface area contributed by atoms with Crippen LogP contribution in [0.5, 0.6) is 0 Å². The Labute approximate surface area is 150 Å². The molecular formula is C21H27NOS. The van der Waals surface area contributed by atoms with Gasteiger partial charge in [-0.15, -0.1) is 11.8 Å². The summed E-state index contributed by atoms with van der Waals surface area (Å²) in [6.07, 6.45) is 0.869. The fourth-order valence-electron chi connectivity index (χ4n) is 2.65. The first-order valence-electron chi connectivity index (χ1n) is 8.56. The molecule has 0 heterocycles. The Kier molecular flexibility index (Phi) is 6.50. The first kappa shape index (κ1) is 18.6. The van der Waals surface area contributed by atoms with E-state index < -0.39 is 0 Å². The lowest BCUT2D eigenvalue weighted by molar-refractivity contribution is 0.0932. The number of hydrogen-bond donors (Lipinski definition) is 1. The van der Waals surface area contributed by atoms with Gasteiger partial charge >= 0.3 is 0 Å². The summed E-state index contributed by atoms with van der Waals surface area (Å²) in [6.45, 7) is 10.6. The minimum absolute atomic E-state index is 0.00354. The largest absolute Gasteiger partial charge is 0.345 e. The highest BCUT2D eigenvalue weighted by Crippen LogP contribution is 2.27. The number of aryl methyl sites for hydroxylation is 2. The Morgan fingerprint density at radius 1 is 1.08 bits per heavy atom. The molecule has 24 heavy (non-hydrogen) atoms. The van der Waals surface area contributed by atoms with Gasteiger partial charge in [0.2, 0.25) is 0 Å². The molecule has 0 aliphatic rings. The van der Waals surface area contributed by atoms with E-state index in [9.17, 15) is 4.79 Å². The highest BCUT2D eigenvalue weighted by Gasteiger charge is 2.17. The van der Waals surface area contributed by atoms with E-state index in [0.29, 0.717) is 5.25 Å². The molecule has 0 aromatic heterocycles. The second kappa shape index (κ2) is 8.39. The van der Waals surface area contributed by atoms with Gasteiger partial charge in [0.1, 0.15) is 0 Å². The Morgan fingerprint density at radius 2 is 1.79 bits per heavy atom. The summed E-state index contributed by atoms with van der Waals surface area (Å²) in [5.74, 6) is 0.00354. The van der Waals surface area contributed by atoms with Crippen LogP contribution < -0.4 is 5.32 Å². The van der Waals surface area contributed by atoms with Crippen molar-refractivity contribution in [1.82, 2.24) is 5.32 Å². The van der Waals surface area contributed by atoms with Crippen LogP contribution in [0.3, 0.4) is 0 Å². The molecule has 3 heteroatoms. The molecule has 0 saturated heterocycles. The molecule has 0 aliphatic heterocycles. The molecule has 0 fully saturated rings. The van der Waals surface area contributed by atoms with Gasteiger partial charge in [-0.05, 0) is 49.1 Å². The number of rotatable bonds is 6. The van der Waals surface area contributed by atoms with E-state index in [2.05, 4.69) is 58.1 Å². The van der Waals surface area contributed by atoms with Crippen LogP contribution in [-0.4, -0.2) is 11.2 Å². The molecule has 0 radical (unpaired) electrons. The predicted octanol–water partition coefficient (Wildman–Crippen LogP) is 5.69. The Morgan fingerprint density at radius 3 is 2.42 bits per heavy atom. The molecule has 0 saturated carbocycles. The van der Waals surface area contributed by atoms with Crippen LogP contribution in [0.1, 0.15) is 60.3 Å². The van der Waals surface area contributed by atoms with Crippen molar-refractivity contribution in [3.63, 3.8) is 0 Å². The average Bonchev–Trinajstić information content (AvgIpc) is 2.55. The van der Waals surface area contributed by atoms with Crippen LogP contribution in [0.4, 0.5) is 0 Å². The molecule has 2 aromatic rings. The zero-order chi connectivity index (χ0) is 17.7. The molecule has 0 spiro atoms. The number of thioether (sulfide) groups is 1. The monoisotopic (exact) mass is 341 g/mol. The van der Waals surface area contributed by atoms with Crippen LogP contribution in [0.25, 0.3) is 0 Å². The van der Waals surface area contributed by atoms with E-state index >= 15 is 0 Å². The maximum atomic E-state index is 12.8. The van der Waals surface area contributed by atoms with E-state index in [1.807, 2.05) is 24.3 Å². The molecule has 1 atom stereocenters. The molecule has 128 valence electrons. The van der Waals surface area contributed by atoms with E-state index in [4.69, 9.17) is 0 Å². The van der Waals surface area contributed by atoms with Crippen molar-refractivity contribution in [2.45, 2.75) is 57.2 Å². The molecule has 2 nitrogen and oxygen atoms in total. The number of carbonyl (C=O) groups is 1. The summed E-state index contributed by atoms with van der Waals surface area (Å²) in [5, 5.41) is 3.65. The van der Waals surface area contributed by atoms with Gasteiger partial charge in [0, 0.05) is 10.1 Å². The van der Waals surface area contributed by atoms with E-state index in [-0.39, 0.29) is 11.9 Å². The third-order valence-electron chi connectivity index (χ3n) is 4.14. The summed E-state index contributed by atoms with van der Waals surface area (Å²) < 4.78 is 0. The van der Waals surface area contributed by atoms with Gasteiger partial charge < -0.3 is 5.32 Å². The first-order chi connectivity index (χ1) is 11.4. The quantitative estimate of drug-likeness (QED) is 0.684. The van der Waals surface area contributed by atoms with Gasteiger partial charge in [-0.3, -0.25) is 4.79 Å². The van der Waals surface area contributed by atoms with Gasteiger partial charge in [0.15, 0.2) is 0 Å². The third kappa shape index (κ3) is 4.64. The Hall–Kier alpha value is -1.74. The summed E-state index contributed by atoms with van der Waals surface area (Å²) in [4.78, 5) is 13.9. The summed E-state index contributed by atoms with van der Waals surface area (Å²) >= 11 is 1.73. The minimum atomic E-state index is 0.00354. The van der Waals surface area contributed by atoms with Crippen LogP contribution in [0, 0.1) is 13.8 Å². The fraction of sp³-hybridized carbons (Fsp3) is 0.381. The number of benzene rings is 2. The molecule has 2 aromatic carbocycles. The molecule has 1 N–H and O–H groups in total. The molecular weight excluding hydrogens is 314 g/mol. The highest BCUT2D eigenvalue weighted by atomic mass is 32.2. The van der Waals surface area contributed by atoms with E-state index in [1.165, 1.54) is 16.7 Å². The SMILES string of the molecule is CCC(NC(=O)c1ccccc1SC(C)C)c1ccc(C)c(C)c1. The zero-order valence-electron chi connectivity index (χ0n) is 15.2. The van der Waals surface area contributed by atoms with Crippen LogP contribution in [0.2, 0.25) is 0 Å². The standard InChI is InChI=1S/C21H27NOS/c1-6-19(17-12-11-15(4)16(5)13-17)22-21(23)18-9-7-8-10-20(18)24-14(2)3/h7-14,19H,6H2,1-5H3,(H,22,23). The molecule has 1 amide bonds. The van der Waals surface area contributed by atoms with Crippen molar-refractivity contribution in [3.8, 4) is 0 Å². The third-order valence-corrected chi connectivity index (χ3v) is 5.22. The molecule has 1 unspecified atom stereocenters. The smallest absolute Gasteiger partial charge is 0.252 e. The normalized spacial score (nSPS) is 12.2. The summed E-state index contributed by atoms with van der Waals surface area (Å²) in [6, 6.07) is 14.3. The van der Waals surface area contributed by atoms with Crippen molar-refractivity contribution in [2.24, 2.45) is 0 Å². The Balaban J connectivity index is 2.22. The number of hydrogen-bond acceptors (Lipinski definition) is 2. The van der Waals surface area contributed by atoms with Gasteiger partial charge in [-0.25, -0.2) is 0 Å². The fourth-order valence-corrected chi connectivity index (χ4v) is 3.60. The van der Waals surface area contributed by atoms with E-state index in [1.54, 1.807) is 11.8 Å². The van der Waals surface area contributed by atoms with Crippen molar-refractivity contribution >= 4 is 17.7 Å². The van der Waals surface area contributed by atoms with Gasteiger partial charge in [-0.2, -0.15) is 0 Å². The summed E-state index contributed by atoms with van der Waals surface area (Å²) in [5.41, 5.74) is 4.47. The van der Waals surface area contributed by atoms with Gasteiger partial charge in [0.25, 0.3) is 5.91 Å². The molecule has 0 bridgehead atoms. The second-order valence-corrected chi connectivity index (χ2v) is 8.06. The molecule has 2 rings (SSSR count). The zero-order valence-corrected chi connectivity index (χ0v) is 16.0. The summed E-state index contributed by atoms with van der Waals surface area (Å²) in [7, 11) is 0. The highest BCUT2D eigenvalue weighted by molar-refractivity contribution is 8.00. The topological polar surface area (TPSA) is 29.1 Å². The maximum absolute atomic E-state index is 12.8. The molecule has 0 aliphatic carbocycles. The van der Waals surface area contributed by atoms with Crippen LogP contribution >= 0.6 is 11.8 Å². The maximum Gasteiger partial charge on any atom is 0.252 e. The van der Waals surface area contributed by atoms with Gasteiger partial charge in [0.05, 0.1) is 11.6 Å². The van der Waals surface area contributed by atoms with E-state index in [0.717, 1.165) is 16.9 Å².